The summed E-state index contributed by atoms with van der Waals surface area (Å²) < 4.78 is 41.8. The number of terminal acetylenes is 1. The zero-order valence-electron chi connectivity index (χ0n) is 24.2. The maximum absolute atomic E-state index is 14.3. The third kappa shape index (κ3) is 7.46. The number of alkyl carbamates (subject to hydrolysis) is 1. The third-order valence-corrected chi connectivity index (χ3v) is 6.31. The molecule has 0 unspecified atom stereocenters. The number of amides is 2. The average Bonchev–Trinajstić information content (AvgIpc) is 3.56. The summed E-state index contributed by atoms with van der Waals surface area (Å²) in [4.78, 5) is 49.1. The number of aliphatic hydroxyl groups excluding tert-OH is 1. The van der Waals surface area contributed by atoms with Gasteiger partial charge in [0.2, 0.25) is 0 Å². The van der Waals surface area contributed by atoms with Gasteiger partial charge in [-0.3, -0.25) is 14.8 Å². The van der Waals surface area contributed by atoms with E-state index in [0.717, 1.165) is 0 Å². The van der Waals surface area contributed by atoms with Crippen LogP contribution in [0.5, 0.6) is 0 Å². The van der Waals surface area contributed by atoms with Crippen LogP contribution in [0, 0.1) is 25.3 Å². The van der Waals surface area contributed by atoms with Crippen LogP contribution in [0.3, 0.4) is 0 Å². The first-order chi connectivity index (χ1) is 20.2. The number of imidazole rings is 1. The number of carbonyl (C=O) groups is 2. The Hall–Kier alpha value is -4.53. The zero-order valence-corrected chi connectivity index (χ0v) is 24.2. The van der Waals surface area contributed by atoms with Crippen LogP contribution >= 0.6 is 0 Å². The number of fused-ring (bicyclic) bond motifs is 1. The number of aromatic nitrogens is 4. The van der Waals surface area contributed by atoms with Gasteiger partial charge in [0.1, 0.15) is 30.3 Å². The molecule has 1 aliphatic heterocycles. The number of ether oxygens (including phenoxy) is 3. The SMILES string of the molecule is C#C[C@]1(COC(=O)NCCN(C)Cc2oc(=O)oc2C)O[C@@H](n2cnc3c(NC(=O)OC(C)(C)C)nc(F)nc32)C[C@@H]1O. The van der Waals surface area contributed by atoms with E-state index in [2.05, 4.69) is 31.5 Å². The van der Waals surface area contributed by atoms with Crippen molar-refractivity contribution >= 4 is 29.2 Å². The van der Waals surface area contributed by atoms with Gasteiger partial charge in [-0.05, 0) is 34.7 Å². The molecule has 4 heterocycles. The normalized spacial score (nSPS) is 20.3. The molecule has 3 aromatic rings. The molecule has 17 heteroatoms. The molecule has 4 rings (SSSR count). The number of aliphatic hydroxyl groups is 1. The minimum Gasteiger partial charge on any atom is -0.445 e. The van der Waals surface area contributed by atoms with Crippen molar-refractivity contribution in [1.82, 2.24) is 29.7 Å². The maximum atomic E-state index is 14.3. The number of anilines is 1. The first-order valence-electron chi connectivity index (χ1n) is 13.1. The maximum Gasteiger partial charge on any atom is 0.519 e. The number of rotatable bonds is 9. The Morgan fingerprint density at radius 3 is 2.72 bits per heavy atom. The van der Waals surface area contributed by atoms with Crippen molar-refractivity contribution in [3.8, 4) is 12.3 Å². The van der Waals surface area contributed by atoms with Gasteiger partial charge in [-0.15, -0.1) is 6.42 Å². The van der Waals surface area contributed by atoms with Crippen molar-refractivity contribution in [2.24, 2.45) is 0 Å². The fourth-order valence-electron chi connectivity index (χ4n) is 4.23. The average molecular weight is 606 g/mol. The van der Waals surface area contributed by atoms with Gasteiger partial charge in [-0.1, -0.05) is 5.92 Å². The molecule has 232 valence electrons. The molecule has 3 atom stereocenters. The number of nitrogens with one attached hydrogen (secondary N) is 2. The van der Waals surface area contributed by atoms with Crippen LogP contribution < -0.4 is 16.5 Å². The van der Waals surface area contributed by atoms with Gasteiger partial charge in [0.25, 0.3) is 0 Å². The van der Waals surface area contributed by atoms with Crippen LogP contribution in [-0.4, -0.2) is 85.8 Å². The number of aryl methyl sites for hydroxylation is 1. The second kappa shape index (κ2) is 12.4. The van der Waals surface area contributed by atoms with E-state index in [0.29, 0.717) is 18.1 Å². The van der Waals surface area contributed by atoms with Gasteiger partial charge in [0.05, 0.1) is 12.9 Å². The van der Waals surface area contributed by atoms with Crippen molar-refractivity contribution in [1.29, 1.82) is 0 Å². The fourth-order valence-corrected chi connectivity index (χ4v) is 4.23. The van der Waals surface area contributed by atoms with Crippen LogP contribution in [0.1, 0.15) is 44.9 Å². The lowest BCUT2D eigenvalue weighted by molar-refractivity contribution is -0.0910. The Morgan fingerprint density at radius 2 is 2.07 bits per heavy atom. The van der Waals surface area contributed by atoms with E-state index in [9.17, 15) is 23.9 Å². The quantitative estimate of drug-likeness (QED) is 0.236. The number of likely N-dealkylation sites (N-methyl/N-ethyl adjacent to an activating group) is 1. The lowest BCUT2D eigenvalue weighted by atomic mass is 9.99. The molecule has 16 nitrogen and oxygen atoms in total. The molecule has 0 spiro atoms. The first-order valence-corrected chi connectivity index (χ1v) is 13.1. The minimum atomic E-state index is -1.73. The molecule has 2 amide bonds. The van der Waals surface area contributed by atoms with Gasteiger partial charge in [0, 0.05) is 19.5 Å². The minimum absolute atomic E-state index is 0.0363. The van der Waals surface area contributed by atoms with Gasteiger partial charge in [-0.25, -0.2) is 19.4 Å². The molecule has 0 aliphatic carbocycles. The van der Waals surface area contributed by atoms with E-state index in [-0.39, 0.29) is 36.5 Å². The van der Waals surface area contributed by atoms with Gasteiger partial charge in [0.15, 0.2) is 28.3 Å². The Kier molecular flexibility index (Phi) is 9.04. The molecule has 0 bridgehead atoms. The molecular formula is C26H32FN7O9. The van der Waals surface area contributed by atoms with Crippen molar-refractivity contribution in [3.05, 3.63) is 34.5 Å². The van der Waals surface area contributed by atoms with Crippen LogP contribution in [0.25, 0.3) is 11.2 Å². The predicted molar refractivity (Wildman–Crippen MR) is 145 cm³/mol. The lowest BCUT2D eigenvalue weighted by Crippen LogP contribution is -2.44. The smallest absolute Gasteiger partial charge is 0.445 e. The number of halogens is 1. The molecular weight excluding hydrogens is 573 g/mol. The Balaban J connectivity index is 1.36. The van der Waals surface area contributed by atoms with Crippen molar-refractivity contribution < 1.29 is 42.1 Å². The number of carbonyl (C=O) groups excluding carboxylic acids is 2. The van der Waals surface area contributed by atoms with E-state index in [1.165, 1.54) is 10.9 Å². The summed E-state index contributed by atoms with van der Waals surface area (Å²) in [5, 5.41) is 15.7. The summed E-state index contributed by atoms with van der Waals surface area (Å²) in [5.41, 5.74) is -2.55. The van der Waals surface area contributed by atoms with E-state index in [1.54, 1.807) is 39.6 Å². The van der Waals surface area contributed by atoms with Gasteiger partial charge < -0.3 is 33.5 Å². The highest BCUT2D eigenvalue weighted by molar-refractivity contribution is 5.93. The van der Waals surface area contributed by atoms with Crippen molar-refractivity contribution in [2.75, 3.05) is 32.1 Å². The highest BCUT2D eigenvalue weighted by Gasteiger charge is 2.49. The van der Waals surface area contributed by atoms with E-state index in [1.807, 2.05) is 0 Å². The monoisotopic (exact) mass is 605 g/mol. The third-order valence-electron chi connectivity index (χ3n) is 6.31. The second-order valence-electron chi connectivity index (χ2n) is 10.8. The van der Waals surface area contributed by atoms with Crippen LogP contribution in [0.4, 0.5) is 19.8 Å². The summed E-state index contributed by atoms with van der Waals surface area (Å²) in [6, 6.07) is 0. The second-order valence-corrected chi connectivity index (χ2v) is 10.8. The largest absolute Gasteiger partial charge is 0.519 e. The Morgan fingerprint density at radius 1 is 1.33 bits per heavy atom. The van der Waals surface area contributed by atoms with Crippen molar-refractivity contribution in [2.45, 2.75) is 64.2 Å². The summed E-state index contributed by atoms with van der Waals surface area (Å²) in [5.74, 6) is 2.09. The van der Waals surface area contributed by atoms with E-state index in [4.69, 9.17) is 29.5 Å². The zero-order chi connectivity index (χ0) is 31.5. The molecule has 3 aromatic heterocycles. The topological polar surface area (TPSA) is 196 Å². The molecule has 1 saturated heterocycles. The van der Waals surface area contributed by atoms with Crippen LogP contribution in [0.2, 0.25) is 0 Å². The molecule has 0 saturated carbocycles. The van der Waals surface area contributed by atoms with E-state index >= 15 is 0 Å². The molecule has 1 fully saturated rings. The Bertz CT molecular complexity index is 1590. The summed E-state index contributed by atoms with van der Waals surface area (Å²) in [6.07, 6.45) is 1.79. The van der Waals surface area contributed by atoms with Gasteiger partial charge in [-0.2, -0.15) is 14.4 Å². The van der Waals surface area contributed by atoms with Gasteiger partial charge >= 0.3 is 24.1 Å². The Labute approximate surface area is 244 Å². The summed E-state index contributed by atoms with van der Waals surface area (Å²) >= 11 is 0. The molecule has 0 radical (unpaired) electrons. The summed E-state index contributed by atoms with van der Waals surface area (Å²) in [7, 11) is 1.75. The highest BCUT2D eigenvalue weighted by Crippen LogP contribution is 2.38. The molecule has 0 aromatic carbocycles. The number of nitrogens with zero attached hydrogens (tertiary/aromatic N) is 5. The lowest BCUT2D eigenvalue weighted by Gasteiger charge is -2.26. The molecule has 43 heavy (non-hydrogen) atoms. The highest BCUT2D eigenvalue weighted by atomic mass is 19.1. The number of hydrogen-bond acceptors (Lipinski definition) is 13. The standard InChI is InChI=1S/C26H32FN7O9/c1-7-26(12-39-22(36)28-8-9-33(6)11-15-14(2)40-24(38)41-15)16(35)10-17(42-26)34-13-29-18-19(30-21(27)32-20(18)34)31-23(37)43-25(3,4)5/h1,13,16-17,35H,8-12H2,2-6H3,(H,28,36)(H,30,31,32,37)/t16-,17+,26+/m0/s1. The van der Waals surface area contributed by atoms with E-state index < -0.39 is 54.2 Å². The summed E-state index contributed by atoms with van der Waals surface area (Å²) in [6.45, 7) is 6.94. The molecule has 1 aliphatic rings. The van der Waals surface area contributed by atoms with Crippen molar-refractivity contribution in [3.63, 3.8) is 0 Å². The fraction of sp³-hybridized carbons (Fsp3) is 0.538. The molecule has 3 N–H and O–H groups in total. The number of hydrogen-bond donors (Lipinski definition) is 3. The predicted octanol–water partition coefficient (Wildman–Crippen LogP) is 1.68. The van der Waals surface area contributed by atoms with Crippen LogP contribution in [-0.2, 0) is 20.8 Å². The van der Waals surface area contributed by atoms with Crippen LogP contribution in [0.15, 0.2) is 20.0 Å². The first kappa shape index (κ1) is 31.4.